The number of nitrogens with zero attached hydrogens (tertiary/aromatic N) is 3. The van der Waals surface area contributed by atoms with Crippen molar-refractivity contribution in [2.45, 2.75) is 45.8 Å². The number of benzene rings is 1. The van der Waals surface area contributed by atoms with Crippen molar-refractivity contribution in [2.24, 2.45) is 4.99 Å². The number of piperazine rings is 1. The van der Waals surface area contributed by atoms with Gasteiger partial charge in [0.05, 0.1) is 26.4 Å². The van der Waals surface area contributed by atoms with Gasteiger partial charge in [-0.05, 0) is 37.5 Å². The fourth-order valence-corrected chi connectivity index (χ4v) is 3.48. The molecule has 0 aliphatic carbocycles. The number of aliphatic imine (C=N–C) groups is 1. The van der Waals surface area contributed by atoms with E-state index in [0.29, 0.717) is 19.4 Å². The summed E-state index contributed by atoms with van der Waals surface area (Å²) >= 11 is 0. The van der Waals surface area contributed by atoms with Gasteiger partial charge in [-0.15, -0.1) is 24.0 Å². The fraction of sp³-hybridized carbons (Fsp3) is 0.682. The average molecular weight is 534 g/mol. The molecule has 1 fully saturated rings. The molecule has 0 amide bonds. The molecule has 1 aliphatic rings. The van der Waals surface area contributed by atoms with Crippen LogP contribution in [-0.2, 0) is 6.54 Å². The molecule has 1 aromatic carbocycles. The fourth-order valence-electron chi connectivity index (χ4n) is 3.48. The Morgan fingerprint density at radius 3 is 2.23 bits per heavy atom. The summed E-state index contributed by atoms with van der Waals surface area (Å²) in [6.07, 6.45) is 1.43. The van der Waals surface area contributed by atoms with Crippen molar-refractivity contribution in [3.8, 4) is 11.5 Å². The third-order valence-electron chi connectivity index (χ3n) is 5.70. The predicted molar refractivity (Wildman–Crippen MR) is 133 cm³/mol. The van der Waals surface area contributed by atoms with Gasteiger partial charge in [-0.1, -0.05) is 19.9 Å². The lowest BCUT2D eigenvalue weighted by atomic mass is 9.98. The van der Waals surface area contributed by atoms with E-state index in [-0.39, 0.29) is 24.0 Å². The van der Waals surface area contributed by atoms with Crippen LogP contribution in [0.4, 0.5) is 0 Å². The van der Waals surface area contributed by atoms with E-state index >= 15 is 0 Å². The minimum atomic E-state index is -0.712. The maximum Gasteiger partial charge on any atom is 0.194 e. The minimum absolute atomic E-state index is 0. The smallest absolute Gasteiger partial charge is 0.194 e. The van der Waals surface area contributed by atoms with Gasteiger partial charge in [0.1, 0.15) is 0 Å². The number of halogens is 1. The summed E-state index contributed by atoms with van der Waals surface area (Å²) in [6.45, 7) is 12.0. The molecule has 2 N–H and O–H groups in total. The Morgan fingerprint density at radius 1 is 1.07 bits per heavy atom. The molecular weight excluding hydrogens is 495 g/mol. The highest BCUT2D eigenvalue weighted by Gasteiger charge is 2.24. The van der Waals surface area contributed by atoms with E-state index < -0.39 is 5.60 Å². The lowest BCUT2D eigenvalue weighted by molar-refractivity contribution is 0.0414. The summed E-state index contributed by atoms with van der Waals surface area (Å²) in [4.78, 5) is 9.47. The zero-order valence-corrected chi connectivity index (χ0v) is 21.4. The van der Waals surface area contributed by atoms with E-state index in [0.717, 1.165) is 56.7 Å². The highest BCUT2D eigenvalue weighted by Crippen LogP contribution is 2.28. The first-order valence-electron chi connectivity index (χ1n) is 10.7. The molecule has 172 valence electrons. The van der Waals surface area contributed by atoms with E-state index in [1.54, 1.807) is 14.2 Å². The van der Waals surface area contributed by atoms with Crippen LogP contribution in [0.2, 0.25) is 0 Å². The molecule has 1 saturated heterocycles. The second kappa shape index (κ2) is 13.2. The van der Waals surface area contributed by atoms with E-state index in [4.69, 9.17) is 14.5 Å². The van der Waals surface area contributed by atoms with Gasteiger partial charge in [-0.25, -0.2) is 0 Å². The molecule has 0 saturated carbocycles. The second-order valence-corrected chi connectivity index (χ2v) is 7.55. The van der Waals surface area contributed by atoms with Gasteiger partial charge in [0.2, 0.25) is 0 Å². The molecule has 0 aromatic heterocycles. The Morgan fingerprint density at radius 2 is 1.70 bits per heavy atom. The van der Waals surface area contributed by atoms with Crippen LogP contribution in [0, 0.1) is 0 Å². The van der Waals surface area contributed by atoms with Gasteiger partial charge in [-0.2, -0.15) is 0 Å². The van der Waals surface area contributed by atoms with Crippen LogP contribution in [0.25, 0.3) is 0 Å². The monoisotopic (exact) mass is 534 g/mol. The van der Waals surface area contributed by atoms with Gasteiger partial charge >= 0.3 is 0 Å². The number of hydrogen-bond acceptors (Lipinski definition) is 5. The highest BCUT2D eigenvalue weighted by molar-refractivity contribution is 14.0. The van der Waals surface area contributed by atoms with Crippen LogP contribution >= 0.6 is 24.0 Å². The molecule has 2 rings (SSSR count). The quantitative estimate of drug-likeness (QED) is 0.289. The lowest BCUT2D eigenvalue weighted by Crippen LogP contribution is -2.52. The third-order valence-corrected chi connectivity index (χ3v) is 5.70. The van der Waals surface area contributed by atoms with Crippen LogP contribution in [-0.4, -0.2) is 80.0 Å². The van der Waals surface area contributed by atoms with Crippen LogP contribution in [0.5, 0.6) is 11.5 Å². The maximum absolute atomic E-state index is 10.5. The number of aliphatic hydroxyl groups is 1. The normalized spacial score (nSPS) is 15.5. The van der Waals surface area contributed by atoms with Crippen molar-refractivity contribution in [1.82, 2.24) is 15.1 Å². The highest BCUT2D eigenvalue weighted by atomic mass is 127. The van der Waals surface area contributed by atoms with E-state index in [1.807, 2.05) is 26.0 Å². The first-order valence-corrected chi connectivity index (χ1v) is 10.7. The molecule has 0 unspecified atom stereocenters. The standard InChI is InChI=1S/C22H38N4O3.HI/c1-6-22(27,7-2)17-24-21(23-8-3)26-13-11-25(12-14-26)16-18-9-10-19(28-4)20(15-18)29-5;/h9-10,15,27H,6-8,11-14,16-17H2,1-5H3,(H,23,24);1H. The molecule has 0 spiro atoms. The summed E-state index contributed by atoms with van der Waals surface area (Å²) in [7, 11) is 3.32. The summed E-state index contributed by atoms with van der Waals surface area (Å²) in [6, 6.07) is 6.10. The van der Waals surface area contributed by atoms with Crippen molar-refractivity contribution in [1.29, 1.82) is 0 Å². The molecule has 1 aliphatic heterocycles. The van der Waals surface area contributed by atoms with Crippen molar-refractivity contribution < 1.29 is 14.6 Å². The Kier molecular flexibility index (Phi) is 11.8. The number of hydrogen-bond donors (Lipinski definition) is 2. The largest absolute Gasteiger partial charge is 0.493 e. The SMILES string of the molecule is CCNC(=NCC(O)(CC)CC)N1CCN(Cc2ccc(OC)c(OC)c2)CC1.I. The number of nitrogens with one attached hydrogen (secondary N) is 1. The molecule has 8 heteroatoms. The Labute approximate surface area is 198 Å². The topological polar surface area (TPSA) is 69.6 Å². The summed E-state index contributed by atoms with van der Waals surface area (Å²) in [5.74, 6) is 2.43. The summed E-state index contributed by atoms with van der Waals surface area (Å²) in [5, 5.41) is 13.9. The summed E-state index contributed by atoms with van der Waals surface area (Å²) in [5.41, 5.74) is 0.503. The molecule has 30 heavy (non-hydrogen) atoms. The molecule has 1 heterocycles. The molecule has 1 aromatic rings. The number of methoxy groups -OCH3 is 2. The maximum atomic E-state index is 10.5. The van der Waals surface area contributed by atoms with E-state index in [2.05, 4.69) is 28.1 Å². The molecule has 0 bridgehead atoms. The van der Waals surface area contributed by atoms with Gasteiger partial charge < -0.3 is 24.8 Å². The minimum Gasteiger partial charge on any atom is -0.493 e. The van der Waals surface area contributed by atoms with Crippen LogP contribution in [0.15, 0.2) is 23.2 Å². The number of ether oxygens (including phenoxy) is 2. The molecular formula is C22H39IN4O3. The zero-order chi connectivity index (χ0) is 21.3. The lowest BCUT2D eigenvalue weighted by Gasteiger charge is -2.37. The summed E-state index contributed by atoms with van der Waals surface area (Å²) < 4.78 is 10.7. The van der Waals surface area contributed by atoms with E-state index in [9.17, 15) is 5.11 Å². The van der Waals surface area contributed by atoms with Gasteiger partial charge in [0, 0.05) is 39.3 Å². The first kappa shape index (κ1) is 26.8. The number of rotatable bonds is 9. The van der Waals surface area contributed by atoms with Gasteiger partial charge in [0.15, 0.2) is 17.5 Å². The Balaban J connectivity index is 0.00000450. The predicted octanol–water partition coefficient (Wildman–Crippen LogP) is 2.96. The van der Waals surface area contributed by atoms with Gasteiger partial charge in [0.25, 0.3) is 0 Å². The van der Waals surface area contributed by atoms with Crippen molar-refractivity contribution in [3.05, 3.63) is 23.8 Å². The molecule has 0 radical (unpaired) electrons. The Bertz CT molecular complexity index is 660. The average Bonchev–Trinajstić information content (AvgIpc) is 2.77. The van der Waals surface area contributed by atoms with Gasteiger partial charge in [-0.3, -0.25) is 9.89 Å². The van der Waals surface area contributed by atoms with Crippen molar-refractivity contribution >= 4 is 29.9 Å². The molecule has 7 nitrogen and oxygen atoms in total. The van der Waals surface area contributed by atoms with Crippen LogP contribution < -0.4 is 14.8 Å². The second-order valence-electron chi connectivity index (χ2n) is 7.55. The first-order chi connectivity index (χ1) is 14.0. The number of guanidine groups is 1. The third kappa shape index (κ3) is 7.46. The van der Waals surface area contributed by atoms with Crippen molar-refractivity contribution in [3.63, 3.8) is 0 Å². The van der Waals surface area contributed by atoms with Crippen LogP contribution in [0.3, 0.4) is 0 Å². The van der Waals surface area contributed by atoms with Crippen molar-refractivity contribution in [2.75, 3.05) is 53.5 Å². The van der Waals surface area contributed by atoms with Crippen LogP contribution in [0.1, 0.15) is 39.2 Å². The zero-order valence-electron chi connectivity index (χ0n) is 19.1. The Hall–Kier alpha value is -1.26. The molecule has 0 atom stereocenters. The van der Waals surface area contributed by atoms with E-state index in [1.165, 1.54) is 5.56 Å².